The highest BCUT2D eigenvalue weighted by Gasteiger charge is 2.33. The lowest BCUT2D eigenvalue weighted by Crippen LogP contribution is -2.44. The summed E-state index contributed by atoms with van der Waals surface area (Å²) < 4.78 is 5.45. The molecular weight excluding hydrogens is 376 g/mol. The van der Waals surface area contributed by atoms with Gasteiger partial charge in [-0.1, -0.05) is 30.3 Å². The van der Waals surface area contributed by atoms with Gasteiger partial charge in [0.1, 0.15) is 5.60 Å². The van der Waals surface area contributed by atoms with Crippen molar-refractivity contribution in [1.29, 1.82) is 0 Å². The number of nitrogens with zero attached hydrogens (tertiary/aromatic N) is 2. The van der Waals surface area contributed by atoms with Gasteiger partial charge in [-0.05, 0) is 70.8 Å². The van der Waals surface area contributed by atoms with Crippen LogP contribution >= 0.6 is 0 Å². The molecule has 1 aliphatic heterocycles. The van der Waals surface area contributed by atoms with Crippen molar-refractivity contribution in [3.8, 4) is 0 Å². The predicted molar refractivity (Wildman–Crippen MR) is 119 cm³/mol. The fraction of sp³-hybridized carbons (Fsp3) is 0.680. The van der Waals surface area contributed by atoms with E-state index in [4.69, 9.17) is 4.74 Å². The second kappa shape index (κ2) is 9.84. The number of benzene rings is 1. The van der Waals surface area contributed by atoms with Crippen LogP contribution in [0.4, 0.5) is 4.79 Å². The number of carbonyl (C=O) groups excluding carboxylic acids is 2. The Morgan fingerprint density at radius 3 is 2.37 bits per heavy atom. The van der Waals surface area contributed by atoms with Crippen LogP contribution in [0.25, 0.3) is 0 Å². The van der Waals surface area contributed by atoms with Gasteiger partial charge < -0.3 is 14.5 Å². The number of hydrogen-bond acceptors (Lipinski definition) is 3. The minimum absolute atomic E-state index is 0.141. The smallest absolute Gasteiger partial charge is 0.410 e. The second-order valence-electron chi connectivity index (χ2n) is 10.1. The molecule has 1 aliphatic carbocycles. The number of piperidine rings is 1. The molecule has 1 aromatic carbocycles. The van der Waals surface area contributed by atoms with E-state index in [1.807, 2.05) is 33.9 Å². The van der Waals surface area contributed by atoms with Crippen molar-refractivity contribution in [1.82, 2.24) is 9.80 Å². The summed E-state index contributed by atoms with van der Waals surface area (Å²) in [5.74, 6) is 1.39. The van der Waals surface area contributed by atoms with E-state index in [1.165, 1.54) is 5.56 Å². The summed E-state index contributed by atoms with van der Waals surface area (Å²) in [6.45, 7) is 8.11. The molecule has 2 amide bonds. The molecule has 0 radical (unpaired) electrons. The minimum Gasteiger partial charge on any atom is -0.444 e. The average Bonchev–Trinajstić information content (AvgIpc) is 2.73. The van der Waals surface area contributed by atoms with Crippen LogP contribution in [0.1, 0.15) is 70.8 Å². The Morgan fingerprint density at radius 1 is 1.07 bits per heavy atom. The van der Waals surface area contributed by atoms with Crippen LogP contribution in [-0.4, -0.2) is 54.1 Å². The molecule has 0 aromatic heterocycles. The molecule has 166 valence electrons. The van der Waals surface area contributed by atoms with Gasteiger partial charge in [-0.3, -0.25) is 4.79 Å². The number of likely N-dealkylation sites (tertiary alicyclic amines) is 1. The molecule has 30 heavy (non-hydrogen) atoms. The Hall–Kier alpha value is -2.04. The first-order valence-electron chi connectivity index (χ1n) is 11.5. The number of amides is 2. The molecule has 1 unspecified atom stereocenters. The van der Waals surface area contributed by atoms with Crippen molar-refractivity contribution in [3.05, 3.63) is 35.9 Å². The molecule has 1 heterocycles. The summed E-state index contributed by atoms with van der Waals surface area (Å²) in [7, 11) is 1.81. The van der Waals surface area contributed by atoms with Crippen LogP contribution in [0.2, 0.25) is 0 Å². The lowest BCUT2D eigenvalue weighted by molar-refractivity contribution is -0.138. The van der Waals surface area contributed by atoms with Gasteiger partial charge in [0.2, 0.25) is 5.91 Å². The second-order valence-corrected chi connectivity index (χ2v) is 10.1. The quantitative estimate of drug-likeness (QED) is 0.691. The van der Waals surface area contributed by atoms with Crippen LogP contribution in [-0.2, 0) is 9.53 Å². The van der Waals surface area contributed by atoms with Crippen LogP contribution in [0, 0.1) is 11.8 Å². The average molecular weight is 415 g/mol. The first-order valence-corrected chi connectivity index (χ1v) is 11.5. The maximum Gasteiger partial charge on any atom is 0.410 e. The van der Waals surface area contributed by atoms with E-state index < -0.39 is 5.60 Å². The first kappa shape index (κ1) is 22.6. The van der Waals surface area contributed by atoms with Crippen LogP contribution < -0.4 is 0 Å². The number of carbonyl (C=O) groups is 2. The van der Waals surface area contributed by atoms with Crippen molar-refractivity contribution in [3.63, 3.8) is 0 Å². The fourth-order valence-corrected chi connectivity index (χ4v) is 4.83. The Balaban J connectivity index is 1.46. The summed E-state index contributed by atoms with van der Waals surface area (Å²) in [6, 6.07) is 10.6. The highest BCUT2D eigenvalue weighted by atomic mass is 16.6. The summed E-state index contributed by atoms with van der Waals surface area (Å²) in [5.41, 5.74) is 0.880. The van der Waals surface area contributed by atoms with Gasteiger partial charge in [-0.25, -0.2) is 4.79 Å². The normalized spacial score (nSPS) is 24.9. The van der Waals surface area contributed by atoms with E-state index in [1.54, 1.807) is 4.90 Å². The summed E-state index contributed by atoms with van der Waals surface area (Å²) in [6.07, 6.45) is 5.84. The van der Waals surface area contributed by atoms with E-state index in [0.29, 0.717) is 24.3 Å². The molecule has 1 aromatic rings. The van der Waals surface area contributed by atoms with Crippen molar-refractivity contribution in [2.24, 2.45) is 11.8 Å². The summed E-state index contributed by atoms with van der Waals surface area (Å²) in [5, 5.41) is 0. The maximum absolute atomic E-state index is 13.2. The van der Waals surface area contributed by atoms with Gasteiger partial charge in [0.05, 0.1) is 0 Å². The standard InChI is InChI=1S/C25H38N2O3/c1-25(2,3)30-24(29)26(4)17-19-12-14-21(15-13-19)23(28)27-16-8-11-22(18-27)20-9-6-5-7-10-20/h5-7,9-10,19,21-22H,8,11-18H2,1-4H3. The van der Waals surface area contributed by atoms with Crippen LogP contribution in [0.15, 0.2) is 30.3 Å². The van der Waals surface area contributed by atoms with Gasteiger partial charge in [0, 0.05) is 38.5 Å². The lowest BCUT2D eigenvalue weighted by atomic mass is 9.80. The van der Waals surface area contributed by atoms with Gasteiger partial charge in [-0.2, -0.15) is 0 Å². The van der Waals surface area contributed by atoms with Gasteiger partial charge in [-0.15, -0.1) is 0 Å². The Morgan fingerprint density at radius 2 is 1.73 bits per heavy atom. The zero-order chi connectivity index (χ0) is 21.7. The van der Waals surface area contributed by atoms with Crippen LogP contribution in [0.5, 0.6) is 0 Å². The van der Waals surface area contributed by atoms with E-state index in [0.717, 1.165) is 51.6 Å². The third-order valence-corrected chi connectivity index (χ3v) is 6.44. The maximum atomic E-state index is 13.2. The topological polar surface area (TPSA) is 49.9 Å². The van der Waals surface area contributed by atoms with E-state index in [2.05, 4.69) is 29.2 Å². The third kappa shape index (κ3) is 6.23. The molecule has 0 spiro atoms. The Labute approximate surface area is 181 Å². The Kier molecular flexibility index (Phi) is 7.43. The largest absolute Gasteiger partial charge is 0.444 e. The summed E-state index contributed by atoms with van der Waals surface area (Å²) >= 11 is 0. The molecule has 0 N–H and O–H groups in total. The van der Waals surface area contributed by atoms with E-state index in [-0.39, 0.29) is 12.0 Å². The molecular formula is C25H38N2O3. The monoisotopic (exact) mass is 414 g/mol. The van der Waals surface area contributed by atoms with Gasteiger partial charge >= 0.3 is 6.09 Å². The first-order chi connectivity index (χ1) is 14.2. The molecule has 0 bridgehead atoms. The molecule has 2 fully saturated rings. The van der Waals surface area contributed by atoms with Gasteiger partial charge in [0.25, 0.3) is 0 Å². The molecule has 5 heteroatoms. The Bertz CT molecular complexity index is 705. The van der Waals surface area contributed by atoms with Crippen molar-refractivity contribution >= 4 is 12.0 Å². The molecule has 5 nitrogen and oxygen atoms in total. The van der Waals surface area contributed by atoms with Crippen molar-refractivity contribution < 1.29 is 14.3 Å². The number of rotatable bonds is 4. The molecule has 3 rings (SSSR count). The zero-order valence-electron chi connectivity index (χ0n) is 19.1. The van der Waals surface area contributed by atoms with E-state index >= 15 is 0 Å². The number of ether oxygens (including phenoxy) is 1. The third-order valence-electron chi connectivity index (χ3n) is 6.44. The van der Waals surface area contributed by atoms with Crippen molar-refractivity contribution in [2.75, 3.05) is 26.7 Å². The molecule has 1 atom stereocenters. The molecule has 1 saturated heterocycles. The predicted octanol–water partition coefficient (Wildman–Crippen LogP) is 5.07. The highest BCUT2D eigenvalue weighted by Crippen LogP contribution is 2.33. The highest BCUT2D eigenvalue weighted by molar-refractivity contribution is 5.79. The van der Waals surface area contributed by atoms with E-state index in [9.17, 15) is 9.59 Å². The molecule has 2 aliphatic rings. The lowest BCUT2D eigenvalue weighted by Gasteiger charge is -2.37. The minimum atomic E-state index is -0.471. The zero-order valence-corrected chi connectivity index (χ0v) is 19.1. The van der Waals surface area contributed by atoms with Crippen molar-refractivity contribution in [2.45, 2.75) is 70.8 Å². The SMILES string of the molecule is CN(CC1CCC(C(=O)N2CCCC(c3ccccc3)C2)CC1)C(=O)OC(C)(C)C. The fourth-order valence-electron chi connectivity index (χ4n) is 4.83. The summed E-state index contributed by atoms with van der Waals surface area (Å²) in [4.78, 5) is 29.2. The molecule has 1 saturated carbocycles. The van der Waals surface area contributed by atoms with Gasteiger partial charge in [0.15, 0.2) is 0 Å². The number of hydrogen-bond donors (Lipinski definition) is 0. The van der Waals surface area contributed by atoms with Crippen LogP contribution in [0.3, 0.4) is 0 Å².